The maximum Gasteiger partial charge on any atom is 0.322 e. The van der Waals surface area contributed by atoms with Crippen LogP contribution in [-0.2, 0) is 10.3 Å². The van der Waals surface area contributed by atoms with E-state index in [1.54, 1.807) is 36.1 Å². The van der Waals surface area contributed by atoms with Crippen molar-refractivity contribution in [2.45, 2.75) is 31.3 Å². The lowest BCUT2D eigenvalue weighted by molar-refractivity contribution is -0.123. The van der Waals surface area contributed by atoms with Gasteiger partial charge in [0.1, 0.15) is 5.54 Å². The van der Waals surface area contributed by atoms with Gasteiger partial charge in [-0.05, 0) is 37.5 Å². The van der Waals surface area contributed by atoms with Crippen LogP contribution < -0.4 is 16.4 Å². The van der Waals surface area contributed by atoms with Crippen molar-refractivity contribution in [3.63, 3.8) is 0 Å². The largest absolute Gasteiger partial charge is 0.334 e. The first kappa shape index (κ1) is 15.5. The molecule has 2 aliphatic heterocycles. The van der Waals surface area contributed by atoms with Gasteiger partial charge in [-0.15, -0.1) is 0 Å². The summed E-state index contributed by atoms with van der Waals surface area (Å²) < 4.78 is 0. The van der Waals surface area contributed by atoms with E-state index in [0.717, 1.165) is 19.4 Å². The highest BCUT2D eigenvalue weighted by Gasteiger charge is 2.43. The van der Waals surface area contributed by atoms with Crippen LogP contribution in [0.25, 0.3) is 0 Å². The van der Waals surface area contributed by atoms with Gasteiger partial charge in [-0.25, -0.2) is 4.79 Å². The highest BCUT2D eigenvalue weighted by atomic mass is 16.2. The maximum atomic E-state index is 12.6. The van der Waals surface area contributed by atoms with Gasteiger partial charge in [0.2, 0.25) is 0 Å². The Labute approximate surface area is 134 Å². The second kappa shape index (κ2) is 5.66. The van der Waals surface area contributed by atoms with Crippen LogP contribution in [0.4, 0.5) is 4.79 Å². The Balaban J connectivity index is 1.81. The molecular formula is C16H20N4O3. The summed E-state index contributed by atoms with van der Waals surface area (Å²) in [5.74, 6) is -0.445. The number of hydrogen-bond acceptors (Lipinski definition) is 4. The van der Waals surface area contributed by atoms with Crippen LogP contribution in [0.2, 0.25) is 0 Å². The van der Waals surface area contributed by atoms with Gasteiger partial charge in [0.15, 0.2) is 0 Å². The second-order valence-electron chi connectivity index (χ2n) is 6.14. The fourth-order valence-electron chi connectivity index (χ4n) is 3.21. The van der Waals surface area contributed by atoms with E-state index in [9.17, 15) is 14.4 Å². The number of urea groups is 1. The molecule has 0 bridgehead atoms. The Morgan fingerprint density at radius 1 is 1.35 bits per heavy atom. The minimum Gasteiger partial charge on any atom is -0.334 e. The number of carbonyl (C=O) groups is 3. The molecule has 3 rings (SSSR count). The average molecular weight is 316 g/mol. The predicted octanol–water partition coefficient (Wildman–Crippen LogP) is 0.305. The van der Waals surface area contributed by atoms with Crippen LogP contribution >= 0.6 is 0 Å². The monoisotopic (exact) mass is 316 g/mol. The number of nitrogens with one attached hydrogen (secondary N) is 2. The summed E-state index contributed by atoms with van der Waals surface area (Å²) in [5, 5.41) is 4.83. The first-order valence-electron chi connectivity index (χ1n) is 7.71. The fraction of sp³-hybridized carbons (Fsp3) is 0.438. The molecule has 1 aromatic carbocycles. The van der Waals surface area contributed by atoms with Crippen molar-refractivity contribution in [2.75, 3.05) is 13.1 Å². The summed E-state index contributed by atoms with van der Waals surface area (Å²) in [6.45, 7) is 2.82. The number of imide groups is 1. The molecule has 23 heavy (non-hydrogen) atoms. The SMILES string of the molecule is C[C@@]1(c2ccc(C(=O)N3CCC[C@H]3CN)cc2)NC(=O)NC1=O. The van der Waals surface area contributed by atoms with Crippen LogP contribution in [0.3, 0.4) is 0 Å². The van der Waals surface area contributed by atoms with Crippen molar-refractivity contribution in [1.29, 1.82) is 0 Å². The van der Waals surface area contributed by atoms with E-state index in [4.69, 9.17) is 5.73 Å². The van der Waals surface area contributed by atoms with Gasteiger partial charge in [0.05, 0.1) is 0 Å². The maximum absolute atomic E-state index is 12.6. The highest BCUT2D eigenvalue weighted by molar-refractivity contribution is 6.07. The number of amides is 4. The van der Waals surface area contributed by atoms with Crippen molar-refractivity contribution in [3.8, 4) is 0 Å². The van der Waals surface area contributed by atoms with Gasteiger partial charge >= 0.3 is 6.03 Å². The van der Waals surface area contributed by atoms with Gasteiger partial charge in [0, 0.05) is 24.7 Å². The third-order valence-electron chi connectivity index (χ3n) is 4.66. The lowest BCUT2D eigenvalue weighted by Crippen LogP contribution is -2.41. The van der Waals surface area contributed by atoms with Gasteiger partial charge in [-0.1, -0.05) is 12.1 Å². The molecule has 7 nitrogen and oxygen atoms in total. The van der Waals surface area contributed by atoms with Crippen molar-refractivity contribution < 1.29 is 14.4 Å². The number of likely N-dealkylation sites (tertiary alicyclic amines) is 1. The normalized spacial score (nSPS) is 27.0. The molecular weight excluding hydrogens is 296 g/mol. The van der Waals surface area contributed by atoms with Gasteiger partial charge < -0.3 is 16.0 Å². The summed E-state index contributed by atoms with van der Waals surface area (Å²) in [4.78, 5) is 37.7. The van der Waals surface area contributed by atoms with Crippen LogP contribution in [-0.4, -0.2) is 41.9 Å². The minimum atomic E-state index is -1.11. The Kier molecular flexibility index (Phi) is 3.81. The zero-order chi connectivity index (χ0) is 16.6. The summed E-state index contributed by atoms with van der Waals surface area (Å²) in [6, 6.07) is 6.36. The molecule has 0 saturated carbocycles. The number of nitrogens with two attached hydrogens (primary N) is 1. The Bertz CT molecular complexity index is 658. The molecule has 2 fully saturated rings. The van der Waals surface area contributed by atoms with Crippen molar-refractivity contribution in [3.05, 3.63) is 35.4 Å². The molecule has 0 radical (unpaired) electrons. The Hall–Kier alpha value is -2.41. The van der Waals surface area contributed by atoms with E-state index in [2.05, 4.69) is 10.6 Å². The van der Waals surface area contributed by atoms with Crippen LogP contribution in [0.1, 0.15) is 35.7 Å². The molecule has 0 aromatic heterocycles. The third-order valence-corrected chi connectivity index (χ3v) is 4.66. The number of hydrogen-bond donors (Lipinski definition) is 3. The van der Waals surface area contributed by atoms with E-state index in [0.29, 0.717) is 17.7 Å². The molecule has 2 heterocycles. The quantitative estimate of drug-likeness (QED) is 0.698. The zero-order valence-corrected chi connectivity index (χ0v) is 13.0. The first-order valence-corrected chi connectivity index (χ1v) is 7.71. The van der Waals surface area contributed by atoms with E-state index >= 15 is 0 Å². The van der Waals surface area contributed by atoms with Crippen molar-refractivity contribution in [1.82, 2.24) is 15.5 Å². The summed E-state index contributed by atoms with van der Waals surface area (Å²) in [7, 11) is 0. The van der Waals surface area contributed by atoms with E-state index in [1.807, 2.05) is 0 Å². The molecule has 4 amide bonds. The summed E-state index contributed by atoms with van der Waals surface area (Å²) >= 11 is 0. The van der Waals surface area contributed by atoms with E-state index in [-0.39, 0.29) is 11.9 Å². The van der Waals surface area contributed by atoms with Crippen LogP contribution in [0, 0.1) is 0 Å². The molecule has 0 spiro atoms. The number of benzene rings is 1. The van der Waals surface area contributed by atoms with Crippen LogP contribution in [0.15, 0.2) is 24.3 Å². The first-order chi connectivity index (χ1) is 11.0. The Morgan fingerprint density at radius 3 is 2.61 bits per heavy atom. The molecule has 122 valence electrons. The molecule has 1 aromatic rings. The smallest absolute Gasteiger partial charge is 0.322 e. The topological polar surface area (TPSA) is 105 Å². The fourth-order valence-corrected chi connectivity index (χ4v) is 3.21. The summed E-state index contributed by atoms with van der Waals surface area (Å²) in [5.41, 5.74) is 5.80. The van der Waals surface area contributed by atoms with Gasteiger partial charge in [-0.3, -0.25) is 14.9 Å². The molecule has 2 atom stereocenters. The van der Waals surface area contributed by atoms with Crippen molar-refractivity contribution >= 4 is 17.8 Å². The molecule has 0 aliphatic carbocycles. The van der Waals surface area contributed by atoms with Crippen LogP contribution in [0.5, 0.6) is 0 Å². The highest BCUT2D eigenvalue weighted by Crippen LogP contribution is 2.25. The molecule has 2 saturated heterocycles. The third kappa shape index (κ3) is 2.57. The van der Waals surface area contributed by atoms with Crippen molar-refractivity contribution in [2.24, 2.45) is 5.73 Å². The molecule has 2 aliphatic rings. The standard InChI is InChI=1S/C16H20N4O3/c1-16(14(22)18-15(23)19-16)11-6-4-10(5-7-11)13(21)20-8-2-3-12(20)9-17/h4-7,12H,2-3,8-9,17H2,1H3,(H2,18,19,22,23)/t12-,16-/m0/s1. The summed E-state index contributed by atoms with van der Waals surface area (Å²) in [6.07, 6.45) is 1.90. The predicted molar refractivity (Wildman–Crippen MR) is 83.6 cm³/mol. The average Bonchev–Trinajstić information content (AvgIpc) is 3.11. The van der Waals surface area contributed by atoms with E-state index in [1.165, 1.54) is 0 Å². The molecule has 7 heteroatoms. The number of carbonyl (C=O) groups excluding carboxylic acids is 3. The number of nitrogens with zero attached hydrogens (tertiary/aromatic N) is 1. The molecule has 0 unspecified atom stereocenters. The molecule has 4 N–H and O–H groups in total. The second-order valence-corrected chi connectivity index (χ2v) is 6.14. The lowest BCUT2D eigenvalue weighted by Gasteiger charge is -2.24. The zero-order valence-electron chi connectivity index (χ0n) is 13.0. The van der Waals surface area contributed by atoms with Gasteiger partial charge in [-0.2, -0.15) is 0 Å². The lowest BCUT2D eigenvalue weighted by atomic mass is 9.91. The Morgan fingerprint density at radius 2 is 2.04 bits per heavy atom. The minimum absolute atomic E-state index is 0.0467. The van der Waals surface area contributed by atoms with Gasteiger partial charge in [0.25, 0.3) is 11.8 Å². The van der Waals surface area contributed by atoms with E-state index < -0.39 is 17.5 Å². The number of rotatable bonds is 3.